The van der Waals surface area contributed by atoms with Crippen LogP contribution in [0, 0.1) is 0 Å². The van der Waals surface area contributed by atoms with Crippen LogP contribution in [0.3, 0.4) is 0 Å². The molecule has 1 atom stereocenters. The van der Waals surface area contributed by atoms with Gasteiger partial charge in [0.1, 0.15) is 12.1 Å². The number of benzene rings is 1. The molecule has 5 N–H and O–H groups in total. The summed E-state index contributed by atoms with van der Waals surface area (Å²) in [6, 6.07) is 9.87. The Balaban J connectivity index is 1.57. The molecule has 1 unspecified atom stereocenters. The molecule has 4 rings (SSSR count). The summed E-state index contributed by atoms with van der Waals surface area (Å²) >= 11 is 1.61. The van der Waals surface area contributed by atoms with Crippen LogP contribution in [-0.4, -0.2) is 39.5 Å². The minimum Gasteiger partial charge on any atom is -0.390 e. The minimum atomic E-state index is -0.567. The van der Waals surface area contributed by atoms with E-state index in [9.17, 15) is 9.90 Å². The highest BCUT2D eigenvalue weighted by molar-refractivity contribution is 7.17. The number of carbonyl (C=O) groups is 1. The molecule has 1 aromatic carbocycles. The third-order valence-corrected chi connectivity index (χ3v) is 6.61. The van der Waals surface area contributed by atoms with E-state index in [1.54, 1.807) is 11.3 Å². The van der Waals surface area contributed by atoms with Gasteiger partial charge in [-0.15, -0.1) is 11.3 Å². The molecule has 1 fully saturated rings. The molecule has 0 radical (unpaired) electrons. The van der Waals surface area contributed by atoms with Crippen LogP contribution in [0.2, 0.25) is 0 Å². The van der Waals surface area contributed by atoms with Crippen molar-refractivity contribution in [1.82, 2.24) is 9.97 Å². The number of hydrogen-bond acceptors (Lipinski definition) is 8. The average molecular weight is 426 g/mol. The fourth-order valence-corrected chi connectivity index (χ4v) is 4.62. The monoisotopic (exact) mass is 425 g/mol. The zero-order valence-corrected chi connectivity index (χ0v) is 17.8. The van der Waals surface area contributed by atoms with E-state index < -0.39 is 5.60 Å². The maximum absolute atomic E-state index is 11.2. The van der Waals surface area contributed by atoms with Crippen molar-refractivity contribution in [1.29, 1.82) is 0 Å². The molecular weight excluding hydrogens is 398 g/mol. The van der Waals surface area contributed by atoms with Crippen LogP contribution in [0.15, 0.2) is 35.7 Å². The van der Waals surface area contributed by atoms with Gasteiger partial charge in [-0.25, -0.2) is 4.98 Å². The normalized spacial score (nSPS) is 22.6. The molecule has 8 heteroatoms. The Morgan fingerprint density at radius 1 is 1.33 bits per heavy atom. The van der Waals surface area contributed by atoms with Crippen LogP contribution in [0.25, 0.3) is 10.2 Å². The van der Waals surface area contributed by atoms with Gasteiger partial charge in [-0.1, -0.05) is 12.1 Å². The average Bonchev–Trinajstić information content (AvgIpc) is 3.20. The van der Waals surface area contributed by atoms with Gasteiger partial charge in [0.25, 0.3) is 0 Å². The first kappa shape index (κ1) is 20.7. The Morgan fingerprint density at radius 2 is 2.13 bits per heavy atom. The first-order chi connectivity index (χ1) is 14.5. The van der Waals surface area contributed by atoms with Crippen LogP contribution in [0.4, 0.5) is 17.5 Å². The maximum Gasteiger partial charge on any atom is 0.229 e. The summed E-state index contributed by atoms with van der Waals surface area (Å²) in [6.45, 7) is 2.17. The summed E-state index contributed by atoms with van der Waals surface area (Å²) < 4.78 is 1.02. The van der Waals surface area contributed by atoms with E-state index in [2.05, 4.69) is 15.6 Å². The topological polar surface area (TPSA) is 113 Å². The van der Waals surface area contributed by atoms with Gasteiger partial charge in [-0.2, -0.15) is 4.98 Å². The number of nitrogens with one attached hydrogen (secondary N) is 2. The predicted molar refractivity (Wildman–Crippen MR) is 122 cm³/mol. The van der Waals surface area contributed by atoms with E-state index in [-0.39, 0.29) is 18.5 Å². The molecule has 0 amide bonds. The van der Waals surface area contributed by atoms with Gasteiger partial charge in [0, 0.05) is 18.3 Å². The lowest BCUT2D eigenvalue weighted by molar-refractivity contribution is -0.108. The second kappa shape index (κ2) is 8.67. The number of fused-ring (bicyclic) bond motifs is 1. The third-order valence-electron chi connectivity index (χ3n) is 5.70. The molecule has 30 heavy (non-hydrogen) atoms. The zero-order valence-electron chi connectivity index (χ0n) is 17.0. The van der Waals surface area contributed by atoms with Crippen molar-refractivity contribution in [2.75, 3.05) is 17.2 Å². The van der Waals surface area contributed by atoms with E-state index in [0.717, 1.165) is 59.3 Å². The molecule has 0 bridgehead atoms. The molecule has 158 valence electrons. The summed E-state index contributed by atoms with van der Waals surface area (Å²) in [5, 5.41) is 19.1. The fraction of sp³-hybridized carbons (Fsp3) is 0.409. The van der Waals surface area contributed by atoms with Crippen molar-refractivity contribution in [3.8, 4) is 0 Å². The highest BCUT2D eigenvalue weighted by Gasteiger charge is 2.29. The van der Waals surface area contributed by atoms with Gasteiger partial charge in [0.15, 0.2) is 0 Å². The lowest BCUT2D eigenvalue weighted by Gasteiger charge is -2.33. The Hall–Kier alpha value is -2.55. The summed E-state index contributed by atoms with van der Waals surface area (Å²) in [6.07, 6.45) is 4.23. The molecule has 3 aromatic rings. The number of rotatable bonds is 7. The Labute approximate surface area is 179 Å². The van der Waals surface area contributed by atoms with Gasteiger partial charge >= 0.3 is 0 Å². The summed E-state index contributed by atoms with van der Waals surface area (Å²) in [4.78, 5) is 20.6. The van der Waals surface area contributed by atoms with Crippen LogP contribution < -0.4 is 16.4 Å². The fourth-order valence-electron chi connectivity index (χ4n) is 3.84. The van der Waals surface area contributed by atoms with Crippen LogP contribution in [0.1, 0.15) is 44.1 Å². The lowest BCUT2D eigenvalue weighted by Crippen LogP contribution is -2.35. The molecule has 0 saturated heterocycles. The third kappa shape index (κ3) is 4.61. The van der Waals surface area contributed by atoms with Crippen LogP contribution in [0.5, 0.6) is 0 Å². The van der Waals surface area contributed by atoms with Gasteiger partial charge in [0.2, 0.25) is 5.95 Å². The van der Waals surface area contributed by atoms with Crippen LogP contribution in [-0.2, 0) is 4.79 Å². The van der Waals surface area contributed by atoms with Crippen molar-refractivity contribution >= 4 is 45.3 Å². The summed E-state index contributed by atoms with van der Waals surface area (Å²) in [7, 11) is 0. The number of anilines is 3. The largest absolute Gasteiger partial charge is 0.390 e. The van der Waals surface area contributed by atoms with Crippen molar-refractivity contribution in [3.05, 3.63) is 41.3 Å². The van der Waals surface area contributed by atoms with Gasteiger partial charge in [-0.05, 0) is 61.7 Å². The quantitative estimate of drug-likeness (QED) is 0.426. The first-order valence-electron chi connectivity index (χ1n) is 10.2. The Kier molecular flexibility index (Phi) is 5.99. The zero-order chi connectivity index (χ0) is 21.1. The maximum atomic E-state index is 11.2. The molecule has 2 heterocycles. The highest BCUT2D eigenvalue weighted by atomic mass is 32.1. The number of nitrogens with zero attached hydrogens (tertiary/aromatic N) is 2. The van der Waals surface area contributed by atoms with Crippen molar-refractivity contribution in [2.45, 2.75) is 50.2 Å². The molecule has 1 saturated carbocycles. The Bertz CT molecular complexity index is 1030. The number of thiophene rings is 1. The van der Waals surface area contributed by atoms with Crippen molar-refractivity contribution in [3.63, 3.8) is 0 Å². The molecular formula is C22H27N5O2S. The molecule has 2 aromatic heterocycles. The standard InChI is InChI=1S/C22H27N5O2S/c1-22(29)8-5-16(6-9-22)24-20-19-18(7-10-30-19)26-21(27-20)25-17-4-2-3-14(11-17)15(12-23)13-28/h2-4,7,10-11,13,15-16,29H,5-6,8-9,12,23H2,1H3,(H2,24,25,26,27). The second-order valence-corrected chi connectivity index (χ2v) is 9.09. The van der Waals surface area contributed by atoms with Crippen molar-refractivity contribution < 1.29 is 9.90 Å². The number of carbonyl (C=O) groups excluding carboxylic acids is 1. The molecule has 1 aliphatic carbocycles. The van der Waals surface area contributed by atoms with Crippen LogP contribution >= 0.6 is 11.3 Å². The smallest absolute Gasteiger partial charge is 0.229 e. The first-order valence-corrected chi connectivity index (χ1v) is 11.1. The molecule has 0 aliphatic heterocycles. The van der Waals surface area contributed by atoms with Gasteiger partial charge < -0.3 is 26.3 Å². The van der Waals surface area contributed by atoms with Gasteiger partial charge in [-0.3, -0.25) is 0 Å². The predicted octanol–water partition coefficient (Wildman–Crippen LogP) is 3.78. The lowest BCUT2D eigenvalue weighted by atomic mass is 9.84. The summed E-state index contributed by atoms with van der Waals surface area (Å²) in [5.74, 6) is 0.986. The van der Waals surface area contributed by atoms with E-state index in [0.29, 0.717) is 5.95 Å². The molecule has 1 aliphatic rings. The molecule has 0 spiro atoms. The number of aliphatic hydroxyl groups is 1. The highest BCUT2D eigenvalue weighted by Crippen LogP contribution is 2.33. The number of aromatic nitrogens is 2. The van der Waals surface area contributed by atoms with E-state index >= 15 is 0 Å². The van der Waals surface area contributed by atoms with E-state index in [1.807, 2.05) is 42.6 Å². The van der Waals surface area contributed by atoms with Gasteiger partial charge in [0.05, 0.1) is 21.7 Å². The number of hydrogen-bond donors (Lipinski definition) is 4. The molecule has 7 nitrogen and oxygen atoms in total. The Morgan fingerprint density at radius 3 is 2.87 bits per heavy atom. The summed E-state index contributed by atoms with van der Waals surface area (Å²) in [5.41, 5.74) is 7.68. The van der Waals surface area contributed by atoms with E-state index in [1.165, 1.54) is 0 Å². The van der Waals surface area contributed by atoms with E-state index in [4.69, 9.17) is 10.7 Å². The number of aldehydes is 1. The number of nitrogens with two attached hydrogens (primary N) is 1. The minimum absolute atomic E-state index is 0.270. The SMILES string of the molecule is CC1(O)CCC(Nc2nc(Nc3cccc(C(C=O)CN)c3)nc3ccsc23)CC1. The van der Waals surface area contributed by atoms with Crippen molar-refractivity contribution in [2.24, 2.45) is 5.73 Å². The second-order valence-electron chi connectivity index (χ2n) is 8.18.